The van der Waals surface area contributed by atoms with E-state index in [9.17, 15) is 9.59 Å². The molecular weight excluding hydrogens is 320 g/mol. The zero-order valence-electron chi connectivity index (χ0n) is 13.9. The van der Waals surface area contributed by atoms with Crippen molar-refractivity contribution in [3.05, 3.63) is 42.5 Å². The maximum absolute atomic E-state index is 12.1. The van der Waals surface area contributed by atoms with Crippen molar-refractivity contribution in [1.82, 2.24) is 25.4 Å². The molecule has 0 aliphatic carbocycles. The first-order valence-electron chi connectivity index (χ1n) is 8.46. The maximum atomic E-state index is 12.1. The third kappa shape index (κ3) is 4.87. The van der Waals surface area contributed by atoms with Crippen molar-refractivity contribution in [2.75, 3.05) is 25.0 Å². The fourth-order valence-electron chi connectivity index (χ4n) is 2.76. The molecule has 1 unspecified atom stereocenters. The summed E-state index contributed by atoms with van der Waals surface area (Å²) in [6.45, 7) is 2.16. The first-order chi connectivity index (χ1) is 12.2. The zero-order chi connectivity index (χ0) is 17.5. The lowest BCUT2D eigenvalue weighted by atomic mass is 10.1. The molecule has 1 saturated heterocycles. The Bertz CT molecular complexity index is 709. The summed E-state index contributed by atoms with van der Waals surface area (Å²) in [5.74, 6) is -0.426. The molecule has 8 nitrogen and oxygen atoms in total. The van der Waals surface area contributed by atoms with Gasteiger partial charge in [0.15, 0.2) is 0 Å². The molecule has 3 rings (SSSR count). The van der Waals surface area contributed by atoms with Crippen molar-refractivity contribution in [3.63, 3.8) is 0 Å². The quantitative estimate of drug-likeness (QED) is 0.726. The van der Waals surface area contributed by atoms with E-state index in [0.29, 0.717) is 17.4 Å². The number of hydrogen-bond donors (Lipinski definition) is 3. The van der Waals surface area contributed by atoms with Gasteiger partial charge in [0.2, 0.25) is 5.91 Å². The molecule has 132 valence electrons. The fourth-order valence-corrected chi connectivity index (χ4v) is 2.76. The summed E-state index contributed by atoms with van der Waals surface area (Å²) >= 11 is 0. The molecular formula is C17H22N6O2. The SMILES string of the molecule is O=C(CCNC(=O)c1ccn(C2CCCNC2)n1)Nc1ccncc1. The first-order valence-corrected chi connectivity index (χ1v) is 8.46. The van der Waals surface area contributed by atoms with E-state index in [-0.39, 0.29) is 24.8 Å². The van der Waals surface area contributed by atoms with Gasteiger partial charge in [-0.15, -0.1) is 0 Å². The average Bonchev–Trinajstić information content (AvgIpc) is 3.13. The monoisotopic (exact) mass is 342 g/mol. The van der Waals surface area contributed by atoms with E-state index in [1.54, 1.807) is 30.6 Å². The number of nitrogens with one attached hydrogen (secondary N) is 3. The zero-order valence-corrected chi connectivity index (χ0v) is 13.9. The highest BCUT2D eigenvalue weighted by Crippen LogP contribution is 2.15. The number of rotatable bonds is 6. The lowest BCUT2D eigenvalue weighted by Gasteiger charge is -2.22. The normalized spacial score (nSPS) is 17.0. The summed E-state index contributed by atoms with van der Waals surface area (Å²) in [6, 6.07) is 5.43. The second kappa shape index (κ2) is 8.39. The fraction of sp³-hybridized carbons (Fsp3) is 0.412. The molecule has 0 bridgehead atoms. The Kier molecular flexibility index (Phi) is 5.73. The molecule has 8 heteroatoms. The van der Waals surface area contributed by atoms with Crippen molar-refractivity contribution >= 4 is 17.5 Å². The minimum Gasteiger partial charge on any atom is -0.350 e. The Morgan fingerprint density at radius 2 is 2.12 bits per heavy atom. The average molecular weight is 342 g/mol. The summed E-state index contributed by atoms with van der Waals surface area (Å²) in [5.41, 5.74) is 1.06. The number of hydrogen-bond acceptors (Lipinski definition) is 5. The third-order valence-corrected chi connectivity index (χ3v) is 4.09. The Morgan fingerprint density at radius 1 is 1.28 bits per heavy atom. The van der Waals surface area contributed by atoms with Gasteiger partial charge in [0, 0.05) is 43.8 Å². The molecule has 25 heavy (non-hydrogen) atoms. The number of carbonyl (C=O) groups is 2. The van der Waals surface area contributed by atoms with Crippen molar-refractivity contribution in [2.45, 2.75) is 25.3 Å². The molecule has 0 aromatic carbocycles. The van der Waals surface area contributed by atoms with Gasteiger partial charge in [-0.2, -0.15) is 5.10 Å². The summed E-state index contributed by atoms with van der Waals surface area (Å²) in [6.07, 6.45) is 7.42. The Morgan fingerprint density at radius 3 is 2.88 bits per heavy atom. The minimum atomic E-state index is -0.265. The molecule has 0 spiro atoms. The number of pyridine rings is 1. The second-order valence-corrected chi connectivity index (χ2v) is 5.97. The van der Waals surface area contributed by atoms with Crippen LogP contribution in [-0.2, 0) is 4.79 Å². The second-order valence-electron chi connectivity index (χ2n) is 5.97. The number of carbonyl (C=O) groups excluding carboxylic acids is 2. The van der Waals surface area contributed by atoms with Crippen LogP contribution in [0.1, 0.15) is 35.8 Å². The molecule has 1 fully saturated rings. The number of piperidine rings is 1. The van der Waals surface area contributed by atoms with Crippen LogP contribution in [0.25, 0.3) is 0 Å². The van der Waals surface area contributed by atoms with Gasteiger partial charge in [0.1, 0.15) is 5.69 Å². The van der Waals surface area contributed by atoms with E-state index in [2.05, 4.69) is 26.0 Å². The van der Waals surface area contributed by atoms with Gasteiger partial charge in [-0.05, 0) is 37.6 Å². The summed E-state index contributed by atoms with van der Waals surface area (Å²) < 4.78 is 1.84. The molecule has 2 aromatic rings. The van der Waals surface area contributed by atoms with E-state index in [0.717, 1.165) is 25.9 Å². The van der Waals surface area contributed by atoms with Gasteiger partial charge < -0.3 is 16.0 Å². The molecule has 0 radical (unpaired) electrons. The standard InChI is InChI=1S/C17H22N6O2/c24-16(21-13-3-8-18-9-4-13)5-10-20-17(25)15-6-11-23(22-15)14-2-1-7-19-12-14/h3-4,6,8-9,11,14,19H,1-2,5,7,10,12H2,(H,20,25)(H,18,21,24). The topological polar surface area (TPSA) is 101 Å². The highest BCUT2D eigenvalue weighted by Gasteiger charge is 2.17. The van der Waals surface area contributed by atoms with Crippen LogP contribution in [0.3, 0.4) is 0 Å². The summed E-state index contributed by atoms with van der Waals surface area (Å²) in [5, 5.41) is 13.2. The van der Waals surface area contributed by atoms with E-state index in [1.807, 2.05) is 10.9 Å². The van der Waals surface area contributed by atoms with Gasteiger partial charge in [-0.3, -0.25) is 19.3 Å². The van der Waals surface area contributed by atoms with Crippen LogP contribution in [-0.4, -0.2) is 46.2 Å². The Balaban J connectivity index is 1.43. The predicted octanol–water partition coefficient (Wildman–Crippen LogP) is 0.961. The number of aromatic nitrogens is 3. The van der Waals surface area contributed by atoms with Gasteiger partial charge in [0.05, 0.1) is 6.04 Å². The van der Waals surface area contributed by atoms with Crippen molar-refractivity contribution < 1.29 is 9.59 Å². The van der Waals surface area contributed by atoms with Gasteiger partial charge in [0.25, 0.3) is 5.91 Å². The van der Waals surface area contributed by atoms with E-state index < -0.39 is 0 Å². The van der Waals surface area contributed by atoms with Crippen LogP contribution in [0, 0.1) is 0 Å². The molecule has 2 aromatic heterocycles. The van der Waals surface area contributed by atoms with Crippen LogP contribution < -0.4 is 16.0 Å². The van der Waals surface area contributed by atoms with E-state index in [4.69, 9.17) is 0 Å². The van der Waals surface area contributed by atoms with Crippen LogP contribution >= 0.6 is 0 Å². The smallest absolute Gasteiger partial charge is 0.271 e. The Labute approximate surface area is 146 Å². The first kappa shape index (κ1) is 17.1. The molecule has 3 heterocycles. The number of amides is 2. The lowest BCUT2D eigenvalue weighted by Crippen LogP contribution is -2.32. The molecule has 0 saturated carbocycles. The largest absolute Gasteiger partial charge is 0.350 e. The van der Waals surface area contributed by atoms with Gasteiger partial charge >= 0.3 is 0 Å². The van der Waals surface area contributed by atoms with Crippen LogP contribution in [0.5, 0.6) is 0 Å². The highest BCUT2D eigenvalue weighted by atomic mass is 16.2. The molecule has 3 N–H and O–H groups in total. The van der Waals surface area contributed by atoms with Crippen LogP contribution in [0.2, 0.25) is 0 Å². The summed E-state index contributed by atoms with van der Waals surface area (Å²) in [4.78, 5) is 27.9. The molecule has 1 aliphatic rings. The van der Waals surface area contributed by atoms with Crippen molar-refractivity contribution in [2.24, 2.45) is 0 Å². The maximum Gasteiger partial charge on any atom is 0.271 e. The van der Waals surface area contributed by atoms with Crippen molar-refractivity contribution in [1.29, 1.82) is 0 Å². The number of nitrogens with zero attached hydrogens (tertiary/aromatic N) is 3. The third-order valence-electron chi connectivity index (χ3n) is 4.09. The minimum absolute atomic E-state index is 0.162. The molecule has 2 amide bonds. The number of anilines is 1. The highest BCUT2D eigenvalue weighted by molar-refractivity contribution is 5.93. The molecule has 1 atom stereocenters. The molecule has 1 aliphatic heterocycles. The van der Waals surface area contributed by atoms with Gasteiger partial charge in [-0.25, -0.2) is 0 Å². The van der Waals surface area contributed by atoms with Crippen LogP contribution in [0.15, 0.2) is 36.8 Å². The summed E-state index contributed by atoms with van der Waals surface area (Å²) in [7, 11) is 0. The van der Waals surface area contributed by atoms with E-state index >= 15 is 0 Å². The van der Waals surface area contributed by atoms with Crippen LogP contribution in [0.4, 0.5) is 5.69 Å². The van der Waals surface area contributed by atoms with Gasteiger partial charge in [-0.1, -0.05) is 0 Å². The predicted molar refractivity (Wildman–Crippen MR) is 93.2 cm³/mol. The van der Waals surface area contributed by atoms with Crippen molar-refractivity contribution in [3.8, 4) is 0 Å². The Hall–Kier alpha value is -2.74. The van der Waals surface area contributed by atoms with E-state index in [1.165, 1.54) is 0 Å². The lowest BCUT2D eigenvalue weighted by molar-refractivity contribution is -0.116.